The maximum absolute atomic E-state index is 8.76. The highest BCUT2D eigenvalue weighted by Gasteiger charge is 1.97. The van der Waals surface area contributed by atoms with Crippen LogP contribution in [0, 0.1) is 18.3 Å². The zero-order valence-electron chi connectivity index (χ0n) is 10.4. The largest absolute Gasteiger partial charge is 0.370 e. The van der Waals surface area contributed by atoms with Crippen molar-refractivity contribution in [3.8, 4) is 6.07 Å². The number of nitrogens with one attached hydrogen (secondary N) is 1. The number of hydrogen-bond donors (Lipinski definition) is 1. The summed E-state index contributed by atoms with van der Waals surface area (Å²) in [6, 6.07) is 15.9. The van der Waals surface area contributed by atoms with E-state index in [1.54, 1.807) is 6.07 Å². The predicted octanol–water partition coefficient (Wildman–Crippen LogP) is 2.92. The summed E-state index contributed by atoms with van der Waals surface area (Å²) in [5.41, 5.74) is 3.02. The average molecular weight is 237 g/mol. The predicted molar refractivity (Wildman–Crippen MR) is 72.3 cm³/mol. The lowest BCUT2D eigenvalue weighted by molar-refractivity contribution is 1.00. The van der Waals surface area contributed by atoms with Crippen LogP contribution in [-0.2, 0) is 6.42 Å². The van der Waals surface area contributed by atoms with E-state index in [0.717, 1.165) is 18.8 Å². The molecule has 0 radical (unpaired) electrons. The van der Waals surface area contributed by atoms with Crippen molar-refractivity contribution in [3.63, 3.8) is 0 Å². The van der Waals surface area contributed by atoms with Gasteiger partial charge < -0.3 is 5.32 Å². The van der Waals surface area contributed by atoms with Crippen LogP contribution < -0.4 is 5.32 Å². The van der Waals surface area contributed by atoms with E-state index in [-0.39, 0.29) is 0 Å². The van der Waals surface area contributed by atoms with Crippen LogP contribution in [0.1, 0.15) is 16.8 Å². The molecule has 18 heavy (non-hydrogen) atoms. The molecule has 0 fully saturated rings. The second kappa shape index (κ2) is 5.83. The van der Waals surface area contributed by atoms with Crippen LogP contribution in [0.5, 0.6) is 0 Å². The van der Waals surface area contributed by atoms with Gasteiger partial charge >= 0.3 is 0 Å². The second-order valence-electron chi connectivity index (χ2n) is 4.19. The SMILES string of the molecule is Cc1cccc(CCNc2cccc(C#N)n2)c1. The molecule has 1 N–H and O–H groups in total. The summed E-state index contributed by atoms with van der Waals surface area (Å²) in [6.07, 6.45) is 0.945. The quantitative estimate of drug-likeness (QED) is 0.889. The fraction of sp³-hybridized carbons (Fsp3) is 0.200. The van der Waals surface area contributed by atoms with Gasteiger partial charge in [0.15, 0.2) is 0 Å². The van der Waals surface area contributed by atoms with Gasteiger partial charge in [-0.2, -0.15) is 5.26 Å². The van der Waals surface area contributed by atoms with E-state index in [4.69, 9.17) is 5.26 Å². The summed E-state index contributed by atoms with van der Waals surface area (Å²) in [5, 5.41) is 12.0. The lowest BCUT2D eigenvalue weighted by Crippen LogP contribution is -2.06. The number of aromatic nitrogens is 1. The lowest BCUT2D eigenvalue weighted by atomic mass is 10.1. The number of pyridine rings is 1. The Balaban J connectivity index is 1.90. The van der Waals surface area contributed by atoms with Gasteiger partial charge in [-0.15, -0.1) is 0 Å². The first-order valence-electron chi connectivity index (χ1n) is 5.94. The molecule has 0 atom stereocenters. The summed E-state index contributed by atoms with van der Waals surface area (Å²) in [5.74, 6) is 0.752. The number of benzene rings is 1. The zero-order valence-corrected chi connectivity index (χ0v) is 10.4. The number of nitrogens with zero attached hydrogens (tertiary/aromatic N) is 2. The summed E-state index contributed by atoms with van der Waals surface area (Å²) in [4.78, 5) is 4.17. The molecule has 0 spiro atoms. The molecule has 2 rings (SSSR count). The first-order valence-corrected chi connectivity index (χ1v) is 5.94. The van der Waals surface area contributed by atoms with Gasteiger partial charge in [0.1, 0.15) is 17.6 Å². The highest BCUT2D eigenvalue weighted by molar-refractivity contribution is 5.38. The number of hydrogen-bond acceptors (Lipinski definition) is 3. The molecule has 1 aromatic carbocycles. The van der Waals surface area contributed by atoms with Crippen molar-refractivity contribution in [2.24, 2.45) is 0 Å². The van der Waals surface area contributed by atoms with E-state index in [0.29, 0.717) is 5.69 Å². The maximum atomic E-state index is 8.76. The molecule has 0 amide bonds. The summed E-state index contributed by atoms with van der Waals surface area (Å²) in [6.45, 7) is 2.90. The van der Waals surface area contributed by atoms with Crippen molar-refractivity contribution in [1.82, 2.24) is 4.98 Å². The van der Waals surface area contributed by atoms with Gasteiger partial charge in [-0.1, -0.05) is 35.9 Å². The van der Waals surface area contributed by atoms with E-state index in [9.17, 15) is 0 Å². The van der Waals surface area contributed by atoms with E-state index >= 15 is 0 Å². The van der Waals surface area contributed by atoms with Crippen molar-refractivity contribution in [3.05, 3.63) is 59.3 Å². The smallest absolute Gasteiger partial charge is 0.142 e. The van der Waals surface area contributed by atoms with E-state index in [1.807, 2.05) is 18.2 Å². The standard InChI is InChI=1S/C15H15N3/c1-12-4-2-5-13(10-12)8-9-17-15-7-3-6-14(11-16)18-15/h2-7,10H,8-9H2,1H3,(H,17,18). The first kappa shape index (κ1) is 12.1. The molecule has 3 nitrogen and oxygen atoms in total. The molecule has 0 saturated heterocycles. The normalized spacial score (nSPS) is 9.78. The van der Waals surface area contributed by atoms with Gasteiger partial charge in [0, 0.05) is 6.54 Å². The third kappa shape index (κ3) is 3.33. The van der Waals surface area contributed by atoms with Crippen LogP contribution in [0.4, 0.5) is 5.82 Å². The first-order chi connectivity index (χ1) is 8.78. The van der Waals surface area contributed by atoms with Gasteiger partial charge in [-0.25, -0.2) is 4.98 Å². The van der Waals surface area contributed by atoms with Crippen molar-refractivity contribution in [2.75, 3.05) is 11.9 Å². The molecule has 0 saturated carbocycles. The fourth-order valence-electron chi connectivity index (χ4n) is 1.80. The van der Waals surface area contributed by atoms with Crippen molar-refractivity contribution in [1.29, 1.82) is 5.26 Å². The number of aryl methyl sites for hydroxylation is 1. The number of nitriles is 1. The number of anilines is 1. The molecule has 2 aromatic rings. The topological polar surface area (TPSA) is 48.7 Å². The minimum absolute atomic E-state index is 0.440. The average Bonchev–Trinajstić information content (AvgIpc) is 2.39. The third-order valence-corrected chi connectivity index (χ3v) is 2.67. The molecule has 0 unspecified atom stereocenters. The Kier molecular flexibility index (Phi) is 3.93. The molecular weight excluding hydrogens is 222 g/mol. The molecule has 90 valence electrons. The fourth-order valence-corrected chi connectivity index (χ4v) is 1.80. The monoisotopic (exact) mass is 237 g/mol. The Labute approximate surface area is 107 Å². The Morgan fingerprint density at radius 2 is 2.06 bits per heavy atom. The van der Waals surface area contributed by atoms with Crippen LogP contribution in [0.2, 0.25) is 0 Å². The van der Waals surface area contributed by atoms with Crippen LogP contribution in [0.25, 0.3) is 0 Å². The molecule has 0 aliphatic heterocycles. The van der Waals surface area contributed by atoms with Crippen LogP contribution in [0.3, 0.4) is 0 Å². The second-order valence-corrected chi connectivity index (χ2v) is 4.19. The van der Waals surface area contributed by atoms with Crippen molar-refractivity contribution >= 4 is 5.82 Å². The Bertz CT molecular complexity index is 570. The van der Waals surface area contributed by atoms with Gasteiger partial charge in [0.2, 0.25) is 0 Å². The van der Waals surface area contributed by atoms with Crippen molar-refractivity contribution < 1.29 is 0 Å². The summed E-state index contributed by atoms with van der Waals surface area (Å²) in [7, 11) is 0. The van der Waals surface area contributed by atoms with Gasteiger partial charge in [-0.3, -0.25) is 0 Å². The van der Waals surface area contributed by atoms with Gasteiger partial charge in [-0.05, 0) is 31.0 Å². The van der Waals surface area contributed by atoms with E-state index in [2.05, 4.69) is 41.5 Å². The van der Waals surface area contributed by atoms with Crippen LogP contribution >= 0.6 is 0 Å². The zero-order chi connectivity index (χ0) is 12.8. The van der Waals surface area contributed by atoms with Gasteiger partial charge in [0.05, 0.1) is 0 Å². The molecule has 1 aromatic heterocycles. The molecular formula is C15H15N3. The van der Waals surface area contributed by atoms with Gasteiger partial charge in [0.25, 0.3) is 0 Å². The minimum Gasteiger partial charge on any atom is -0.370 e. The van der Waals surface area contributed by atoms with E-state index < -0.39 is 0 Å². The molecule has 0 aliphatic rings. The highest BCUT2D eigenvalue weighted by Crippen LogP contribution is 2.07. The molecule has 1 heterocycles. The molecule has 3 heteroatoms. The van der Waals surface area contributed by atoms with Crippen molar-refractivity contribution in [2.45, 2.75) is 13.3 Å². The molecule has 0 bridgehead atoms. The molecule has 0 aliphatic carbocycles. The highest BCUT2D eigenvalue weighted by atomic mass is 15.0. The summed E-state index contributed by atoms with van der Waals surface area (Å²) < 4.78 is 0. The minimum atomic E-state index is 0.440. The maximum Gasteiger partial charge on any atom is 0.142 e. The Morgan fingerprint density at radius 1 is 1.22 bits per heavy atom. The third-order valence-electron chi connectivity index (χ3n) is 2.67. The number of rotatable bonds is 4. The van der Waals surface area contributed by atoms with Crippen LogP contribution in [0.15, 0.2) is 42.5 Å². The van der Waals surface area contributed by atoms with E-state index in [1.165, 1.54) is 11.1 Å². The Morgan fingerprint density at radius 3 is 2.83 bits per heavy atom. The summed E-state index contributed by atoms with van der Waals surface area (Å²) >= 11 is 0. The van der Waals surface area contributed by atoms with Crippen LogP contribution in [-0.4, -0.2) is 11.5 Å². The Hall–Kier alpha value is -2.34. The lowest BCUT2D eigenvalue weighted by Gasteiger charge is -2.06.